The monoisotopic (exact) mass is 353 g/mol. The summed E-state index contributed by atoms with van der Waals surface area (Å²) >= 11 is 12.1. The van der Waals surface area contributed by atoms with E-state index < -0.39 is 12.6 Å². The summed E-state index contributed by atoms with van der Waals surface area (Å²) in [7, 11) is 1.54. The van der Waals surface area contributed by atoms with Crippen molar-refractivity contribution in [2.24, 2.45) is 4.99 Å². The number of carbonyl (C=O) groups is 1. The number of rotatable bonds is 6. The van der Waals surface area contributed by atoms with Crippen LogP contribution in [0.25, 0.3) is 0 Å². The second-order valence-electron chi connectivity index (χ2n) is 4.45. The lowest BCUT2D eigenvalue weighted by Gasteiger charge is -2.06. The van der Waals surface area contributed by atoms with Crippen LogP contribution >= 0.6 is 23.2 Å². The van der Waals surface area contributed by atoms with Gasteiger partial charge in [-0.05, 0) is 42.0 Å². The van der Waals surface area contributed by atoms with Crippen molar-refractivity contribution in [1.82, 2.24) is 0 Å². The van der Waals surface area contributed by atoms with E-state index in [2.05, 4.69) is 4.99 Å². The molecular formula is C16H13Cl2NO4. The average Bonchev–Trinajstić information content (AvgIpc) is 2.52. The van der Waals surface area contributed by atoms with Gasteiger partial charge in [0.25, 0.3) is 0 Å². The minimum atomic E-state index is -1.07. The Morgan fingerprint density at radius 1 is 1.17 bits per heavy atom. The van der Waals surface area contributed by atoms with Crippen molar-refractivity contribution >= 4 is 41.1 Å². The Kier molecular flexibility index (Phi) is 5.84. The second kappa shape index (κ2) is 7.85. The van der Waals surface area contributed by atoms with Crippen LogP contribution < -0.4 is 9.47 Å². The molecule has 0 bridgehead atoms. The Morgan fingerprint density at radius 3 is 2.48 bits per heavy atom. The van der Waals surface area contributed by atoms with Crippen molar-refractivity contribution < 1.29 is 19.4 Å². The van der Waals surface area contributed by atoms with Gasteiger partial charge >= 0.3 is 5.97 Å². The molecule has 0 saturated carbocycles. The van der Waals surface area contributed by atoms with Gasteiger partial charge in [0.2, 0.25) is 0 Å². The minimum Gasteiger partial charge on any atom is -0.495 e. The van der Waals surface area contributed by atoms with Crippen LogP contribution in [0.3, 0.4) is 0 Å². The van der Waals surface area contributed by atoms with Gasteiger partial charge in [0.05, 0.1) is 22.8 Å². The van der Waals surface area contributed by atoms with E-state index in [1.54, 1.807) is 49.7 Å². The third-order valence-corrected chi connectivity index (χ3v) is 3.40. The first-order valence-corrected chi connectivity index (χ1v) is 7.27. The van der Waals surface area contributed by atoms with Crippen LogP contribution in [0.5, 0.6) is 11.5 Å². The first-order valence-electron chi connectivity index (χ1n) is 6.51. The third kappa shape index (κ3) is 4.87. The summed E-state index contributed by atoms with van der Waals surface area (Å²) in [5.41, 5.74) is 1.41. The predicted octanol–water partition coefficient (Wildman–Crippen LogP) is 4.22. The van der Waals surface area contributed by atoms with Crippen LogP contribution in [-0.4, -0.2) is 31.0 Å². The maximum absolute atomic E-state index is 10.5. The van der Waals surface area contributed by atoms with Crippen LogP contribution in [0.15, 0.2) is 41.4 Å². The van der Waals surface area contributed by atoms with Gasteiger partial charge in [-0.15, -0.1) is 0 Å². The molecule has 2 aromatic rings. The van der Waals surface area contributed by atoms with E-state index in [0.717, 1.165) is 5.56 Å². The standard InChI is InChI=1S/C16H13Cl2NO4/c1-22-14-5-3-11(7-13(14)18)19-8-10-2-4-15(12(17)6-10)23-9-16(20)21/h2-8H,9H2,1H3,(H,20,21). The zero-order valence-electron chi connectivity index (χ0n) is 12.1. The van der Waals surface area contributed by atoms with Gasteiger partial charge in [0, 0.05) is 6.21 Å². The maximum Gasteiger partial charge on any atom is 0.341 e. The largest absolute Gasteiger partial charge is 0.495 e. The smallest absolute Gasteiger partial charge is 0.341 e. The number of carboxylic acid groups (broad SMARTS) is 1. The van der Waals surface area contributed by atoms with Crippen molar-refractivity contribution in [2.45, 2.75) is 0 Å². The van der Waals surface area contributed by atoms with Crippen molar-refractivity contribution in [3.63, 3.8) is 0 Å². The Balaban J connectivity index is 2.12. The van der Waals surface area contributed by atoms with E-state index in [1.807, 2.05) is 0 Å². The number of nitrogens with zero attached hydrogens (tertiary/aromatic N) is 1. The molecule has 2 rings (SSSR count). The lowest BCUT2D eigenvalue weighted by atomic mass is 10.2. The summed E-state index contributed by atoms with van der Waals surface area (Å²) in [5.74, 6) is -0.185. The van der Waals surface area contributed by atoms with Gasteiger partial charge < -0.3 is 14.6 Å². The van der Waals surface area contributed by atoms with E-state index in [1.165, 1.54) is 0 Å². The highest BCUT2D eigenvalue weighted by Gasteiger charge is 2.05. The van der Waals surface area contributed by atoms with E-state index in [9.17, 15) is 4.79 Å². The normalized spacial score (nSPS) is 10.7. The van der Waals surface area contributed by atoms with E-state index in [0.29, 0.717) is 27.2 Å². The number of hydrogen-bond acceptors (Lipinski definition) is 4. The fourth-order valence-corrected chi connectivity index (χ4v) is 2.23. The van der Waals surface area contributed by atoms with Gasteiger partial charge in [0.15, 0.2) is 6.61 Å². The number of carboxylic acids is 1. The number of aliphatic imine (C=N–C) groups is 1. The molecule has 120 valence electrons. The molecule has 0 aliphatic rings. The van der Waals surface area contributed by atoms with Crippen LogP contribution in [0.2, 0.25) is 10.0 Å². The zero-order valence-corrected chi connectivity index (χ0v) is 13.6. The van der Waals surface area contributed by atoms with Crippen LogP contribution in [-0.2, 0) is 4.79 Å². The molecule has 0 heterocycles. The van der Waals surface area contributed by atoms with E-state index in [4.69, 9.17) is 37.8 Å². The first kappa shape index (κ1) is 17.1. The molecule has 5 nitrogen and oxygen atoms in total. The first-order chi connectivity index (χ1) is 11.0. The molecule has 0 amide bonds. The number of halogens is 2. The zero-order chi connectivity index (χ0) is 16.8. The molecule has 0 aliphatic carbocycles. The summed E-state index contributed by atoms with van der Waals surface area (Å²) in [6.07, 6.45) is 1.62. The summed E-state index contributed by atoms with van der Waals surface area (Å²) in [6.45, 7) is -0.447. The van der Waals surface area contributed by atoms with E-state index in [-0.39, 0.29) is 0 Å². The highest BCUT2D eigenvalue weighted by molar-refractivity contribution is 6.32. The number of hydrogen-bond donors (Lipinski definition) is 1. The summed E-state index contributed by atoms with van der Waals surface area (Å²) in [4.78, 5) is 14.8. The predicted molar refractivity (Wildman–Crippen MR) is 89.8 cm³/mol. The summed E-state index contributed by atoms with van der Waals surface area (Å²) in [5, 5.41) is 9.36. The molecule has 0 spiro atoms. The second-order valence-corrected chi connectivity index (χ2v) is 5.26. The quantitative estimate of drug-likeness (QED) is 0.789. The molecule has 0 aliphatic heterocycles. The van der Waals surface area contributed by atoms with Gasteiger partial charge in [-0.1, -0.05) is 23.2 Å². The lowest BCUT2D eigenvalue weighted by molar-refractivity contribution is -0.139. The molecule has 0 aromatic heterocycles. The van der Waals surface area contributed by atoms with Crippen LogP contribution in [0.1, 0.15) is 5.56 Å². The summed E-state index contributed by atoms with van der Waals surface area (Å²) in [6, 6.07) is 10.1. The maximum atomic E-state index is 10.5. The van der Waals surface area contributed by atoms with Gasteiger partial charge in [-0.3, -0.25) is 4.99 Å². The fourth-order valence-electron chi connectivity index (χ4n) is 1.74. The van der Waals surface area contributed by atoms with Crippen molar-refractivity contribution in [3.05, 3.63) is 52.0 Å². The number of ether oxygens (including phenoxy) is 2. The Labute approximate surface area is 143 Å². The van der Waals surface area contributed by atoms with Crippen molar-refractivity contribution in [3.8, 4) is 11.5 Å². The molecule has 2 aromatic carbocycles. The van der Waals surface area contributed by atoms with Gasteiger partial charge in [-0.2, -0.15) is 0 Å². The number of methoxy groups -OCH3 is 1. The molecule has 1 N–H and O–H groups in total. The SMILES string of the molecule is COc1ccc(N=Cc2ccc(OCC(=O)O)c(Cl)c2)cc1Cl. The van der Waals surface area contributed by atoms with Crippen LogP contribution in [0, 0.1) is 0 Å². The molecule has 0 radical (unpaired) electrons. The molecule has 23 heavy (non-hydrogen) atoms. The lowest BCUT2D eigenvalue weighted by Crippen LogP contribution is -2.09. The van der Waals surface area contributed by atoms with E-state index >= 15 is 0 Å². The Morgan fingerprint density at radius 2 is 1.87 bits per heavy atom. The molecule has 0 atom stereocenters. The highest BCUT2D eigenvalue weighted by atomic mass is 35.5. The molecule has 7 heteroatoms. The molecule has 0 unspecified atom stereocenters. The molecular weight excluding hydrogens is 341 g/mol. The topological polar surface area (TPSA) is 68.1 Å². The number of benzene rings is 2. The molecule has 0 fully saturated rings. The fraction of sp³-hybridized carbons (Fsp3) is 0.125. The van der Waals surface area contributed by atoms with Crippen molar-refractivity contribution in [2.75, 3.05) is 13.7 Å². The average molecular weight is 354 g/mol. The third-order valence-electron chi connectivity index (χ3n) is 2.81. The van der Waals surface area contributed by atoms with Crippen molar-refractivity contribution in [1.29, 1.82) is 0 Å². The molecule has 0 saturated heterocycles. The number of aliphatic carboxylic acids is 1. The Bertz CT molecular complexity index is 747. The minimum absolute atomic E-state index is 0.304. The van der Waals surface area contributed by atoms with Gasteiger partial charge in [0.1, 0.15) is 11.5 Å². The Hall–Kier alpha value is -2.24. The van der Waals surface area contributed by atoms with Crippen LogP contribution in [0.4, 0.5) is 5.69 Å². The van der Waals surface area contributed by atoms with Gasteiger partial charge in [-0.25, -0.2) is 4.79 Å². The highest BCUT2D eigenvalue weighted by Crippen LogP contribution is 2.29. The summed E-state index contributed by atoms with van der Waals surface area (Å²) < 4.78 is 10.1.